The van der Waals surface area contributed by atoms with E-state index in [1.807, 2.05) is 0 Å². The summed E-state index contributed by atoms with van der Waals surface area (Å²) in [6.45, 7) is 1.42. The fourth-order valence-corrected chi connectivity index (χ4v) is 1.79. The van der Waals surface area contributed by atoms with Gasteiger partial charge in [0.15, 0.2) is 0 Å². The summed E-state index contributed by atoms with van der Waals surface area (Å²) in [4.78, 5) is 22.1. The Morgan fingerprint density at radius 2 is 2.22 bits per heavy atom. The number of aliphatic carboxylic acids is 1. The van der Waals surface area contributed by atoms with E-state index in [0.29, 0.717) is 0 Å². The van der Waals surface area contributed by atoms with Crippen molar-refractivity contribution in [3.8, 4) is 0 Å². The van der Waals surface area contributed by atoms with Crippen molar-refractivity contribution in [2.45, 2.75) is 6.92 Å². The monoisotopic (exact) mass is 320 g/mol. The highest BCUT2D eigenvalue weighted by Crippen LogP contribution is 2.33. The fraction of sp³-hybridized carbons (Fsp3) is 0.300. The number of rotatable bonds is 5. The molecule has 0 amide bonds. The van der Waals surface area contributed by atoms with Gasteiger partial charge in [-0.25, -0.2) is 4.39 Å². The largest absolute Gasteiger partial charge is 0.480 e. The van der Waals surface area contributed by atoms with Crippen LogP contribution >= 0.6 is 15.9 Å². The molecule has 0 unspecified atom stereocenters. The van der Waals surface area contributed by atoms with E-state index in [-0.39, 0.29) is 22.4 Å². The Morgan fingerprint density at radius 3 is 2.67 bits per heavy atom. The van der Waals surface area contributed by atoms with Gasteiger partial charge in [0.05, 0.1) is 9.40 Å². The van der Waals surface area contributed by atoms with Crippen LogP contribution in [-0.4, -0.2) is 29.1 Å². The maximum absolute atomic E-state index is 13.4. The van der Waals surface area contributed by atoms with E-state index < -0.39 is 23.3 Å². The van der Waals surface area contributed by atoms with Gasteiger partial charge >= 0.3 is 5.97 Å². The second kappa shape index (κ2) is 5.76. The number of anilines is 1. The first-order chi connectivity index (χ1) is 8.36. The fourth-order valence-electron chi connectivity index (χ4n) is 1.46. The van der Waals surface area contributed by atoms with Crippen LogP contribution in [0.1, 0.15) is 6.92 Å². The van der Waals surface area contributed by atoms with E-state index in [1.54, 1.807) is 6.92 Å². The van der Waals surface area contributed by atoms with Crippen molar-refractivity contribution in [1.29, 1.82) is 0 Å². The van der Waals surface area contributed by atoms with Crippen LogP contribution < -0.4 is 4.90 Å². The molecule has 0 aromatic heterocycles. The lowest BCUT2D eigenvalue weighted by Crippen LogP contribution is -2.30. The maximum atomic E-state index is 13.4. The molecular formula is C10H10BrFN2O4. The van der Waals surface area contributed by atoms with E-state index in [1.165, 1.54) is 4.90 Å². The number of carboxylic acid groups (broad SMARTS) is 1. The number of carbonyl (C=O) groups is 1. The topological polar surface area (TPSA) is 83.7 Å². The molecule has 0 saturated carbocycles. The third kappa shape index (κ3) is 3.16. The Morgan fingerprint density at radius 1 is 1.61 bits per heavy atom. The van der Waals surface area contributed by atoms with Crippen LogP contribution in [0.15, 0.2) is 16.6 Å². The zero-order valence-electron chi connectivity index (χ0n) is 9.39. The minimum Gasteiger partial charge on any atom is -0.480 e. The van der Waals surface area contributed by atoms with Crippen molar-refractivity contribution in [3.05, 3.63) is 32.5 Å². The van der Waals surface area contributed by atoms with Crippen LogP contribution in [0.3, 0.4) is 0 Å². The van der Waals surface area contributed by atoms with Crippen LogP contribution in [-0.2, 0) is 4.79 Å². The van der Waals surface area contributed by atoms with Gasteiger partial charge in [-0.2, -0.15) is 0 Å². The lowest BCUT2D eigenvalue weighted by molar-refractivity contribution is -0.384. The minimum absolute atomic E-state index is 0.0377. The van der Waals surface area contributed by atoms with Gasteiger partial charge in [0.1, 0.15) is 18.0 Å². The van der Waals surface area contributed by atoms with Gasteiger partial charge in [-0.05, 0) is 22.9 Å². The quantitative estimate of drug-likeness (QED) is 0.665. The van der Waals surface area contributed by atoms with Gasteiger partial charge in [0.2, 0.25) is 0 Å². The van der Waals surface area contributed by atoms with E-state index in [9.17, 15) is 19.3 Å². The smallest absolute Gasteiger partial charge is 0.323 e. The number of hydrogen-bond acceptors (Lipinski definition) is 4. The van der Waals surface area contributed by atoms with Gasteiger partial charge in [-0.15, -0.1) is 0 Å². The number of nitro benzene ring substituents is 1. The Hall–Kier alpha value is -1.70. The summed E-state index contributed by atoms with van der Waals surface area (Å²) in [5.41, 5.74) is -0.392. The minimum atomic E-state index is -1.14. The number of nitrogens with zero attached hydrogens (tertiary/aromatic N) is 2. The molecule has 0 radical (unpaired) electrons. The summed E-state index contributed by atoms with van der Waals surface area (Å²) in [6, 6.07) is 1.98. The van der Waals surface area contributed by atoms with Crippen molar-refractivity contribution in [3.63, 3.8) is 0 Å². The van der Waals surface area contributed by atoms with Crippen LogP contribution in [0.4, 0.5) is 15.8 Å². The molecule has 0 heterocycles. The lowest BCUT2D eigenvalue weighted by atomic mass is 10.2. The summed E-state index contributed by atoms with van der Waals surface area (Å²) in [5, 5.41) is 19.6. The van der Waals surface area contributed by atoms with E-state index >= 15 is 0 Å². The molecule has 18 heavy (non-hydrogen) atoms. The zero-order chi connectivity index (χ0) is 13.9. The first-order valence-corrected chi connectivity index (χ1v) is 5.76. The average molecular weight is 321 g/mol. The summed E-state index contributed by atoms with van der Waals surface area (Å²) < 4.78 is 13.4. The van der Waals surface area contributed by atoms with E-state index in [0.717, 1.165) is 12.1 Å². The predicted octanol–water partition coefficient (Wildman–Crippen LogP) is 2.41. The summed E-state index contributed by atoms with van der Waals surface area (Å²) in [6.07, 6.45) is 0. The van der Waals surface area contributed by atoms with Crippen LogP contribution in [0.2, 0.25) is 0 Å². The summed E-state index contributed by atoms with van der Waals surface area (Å²) in [7, 11) is 0. The molecule has 0 aliphatic carbocycles. The standard InChI is InChI=1S/C10H10BrFN2O4/c1-2-13(5-10(15)16)8-4-7(12)6(11)3-9(8)14(17)18/h3-4H,2,5H2,1H3,(H,15,16). The molecule has 0 bridgehead atoms. The highest BCUT2D eigenvalue weighted by atomic mass is 79.9. The Kier molecular flexibility index (Phi) is 4.60. The van der Waals surface area contributed by atoms with Crippen molar-refractivity contribution in [2.24, 2.45) is 0 Å². The molecule has 0 aliphatic heterocycles. The third-order valence-electron chi connectivity index (χ3n) is 2.26. The molecule has 1 rings (SSSR count). The highest BCUT2D eigenvalue weighted by molar-refractivity contribution is 9.10. The van der Waals surface area contributed by atoms with Crippen molar-refractivity contribution >= 4 is 33.3 Å². The van der Waals surface area contributed by atoms with Gasteiger partial charge in [0.25, 0.3) is 5.69 Å². The Labute approximate surface area is 110 Å². The normalized spacial score (nSPS) is 10.2. The number of likely N-dealkylation sites (N-methyl/N-ethyl adjacent to an activating group) is 1. The SMILES string of the molecule is CCN(CC(=O)O)c1cc(F)c(Br)cc1[N+](=O)[O-]. The molecule has 0 saturated heterocycles. The molecule has 1 N–H and O–H groups in total. The number of carboxylic acids is 1. The first kappa shape index (κ1) is 14.4. The molecule has 6 nitrogen and oxygen atoms in total. The Bertz CT molecular complexity index is 495. The van der Waals surface area contributed by atoms with Crippen LogP contribution in [0.5, 0.6) is 0 Å². The zero-order valence-corrected chi connectivity index (χ0v) is 11.0. The van der Waals surface area contributed by atoms with Crippen molar-refractivity contribution < 1.29 is 19.2 Å². The average Bonchev–Trinajstić information content (AvgIpc) is 2.28. The molecular weight excluding hydrogens is 311 g/mol. The third-order valence-corrected chi connectivity index (χ3v) is 2.87. The maximum Gasteiger partial charge on any atom is 0.323 e. The van der Waals surface area contributed by atoms with Crippen LogP contribution in [0.25, 0.3) is 0 Å². The molecule has 0 aliphatic rings. The summed E-state index contributed by atoms with van der Waals surface area (Å²) >= 11 is 2.86. The molecule has 0 spiro atoms. The molecule has 1 aromatic rings. The van der Waals surface area contributed by atoms with Gasteiger partial charge in [-0.1, -0.05) is 0 Å². The number of halogens is 2. The van der Waals surface area contributed by atoms with Crippen LogP contribution in [0, 0.1) is 15.9 Å². The second-order valence-electron chi connectivity index (χ2n) is 3.42. The molecule has 0 fully saturated rings. The van der Waals surface area contributed by atoms with Crippen molar-refractivity contribution in [2.75, 3.05) is 18.0 Å². The highest BCUT2D eigenvalue weighted by Gasteiger charge is 2.22. The van der Waals surface area contributed by atoms with E-state index in [4.69, 9.17) is 5.11 Å². The molecule has 1 aromatic carbocycles. The second-order valence-corrected chi connectivity index (χ2v) is 4.27. The van der Waals surface area contributed by atoms with Gasteiger partial charge in [-0.3, -0.25) is 14.9 Å². The molecule has 0 atom stereocenters. The van der Waals surface area contributed by atoms with Gasteiger partial charge in [0, 0.05) is 18.7 Å². The number of hydrogen-bond donors (Lipinski definition) is 1. The molecule has 98 valence electrons. The molecule has 8 heteroatoms. The first-order valence-electron chi connectivity index (χ1n) is 4.97. The van der Waals surface area contributed by atoms with E-state index in [2.05, 4.69) is 15.9 Å². The Balaban J connectivity index is 3.31. The number of nitro groups is 1. The predicted molar refractivity (Wildman–Crippen MR) is 66.3 cm³/mol. The number of benzene rings is 1. The summed E-state index contributed by atoms with van der Waals surface area (Å²) in [5.74, 6) is -1.83. The lowest BCUT2D eigenvalue weighted by Gasteiger charge is -2.20. The van der Waals surface area contributed by atoms with Crippen molar-refractivity contribution in [1.82, 2.24) is 0 Å². The van der Waals surface area contributed by atoms with Gasteiger partial charge < -0.3 is 10.0 Å².